The maximum atomic E-state index is 10.2. The monoisotopic (exact) mass is 243 g/mol. The van der Waals surface area contributed by atoms with E-state index in [1.165, 1.54) is 0 Å². The molecule has 0 amide bonds. The summed E-state index contributed by atoms with van der Waals surface area (Å²) in [7, 11) is 0. The van der Waals surface area contributed by atoms with Gasteiger partial charge in [-0.1, -0.05) is 12.1 Å². The third kappa shape index (κ3) is 3.46. The largest absolute Gasteiger partial charge is 0.481 e. The van der Waals surface area contributed by atoms with Gasteiger partial charge in [-0.05, 0) is 28.1 Å². The highest BCUT2D eigenvalue weighted by Crippen LogP contribution is 2.20. The minimum atomic E-state index is -0.792. The van der Waals surface area contributed by atoms with Crippen LogP contribution in [0.15, 0.2) is 28.7 Å². The van der Waals surface area contributed by atoms with Crippen LogP contribution in [-0.2, 0) is 4.79 Å². The molecule has 0 aliphatic heterocycles. The van der Waals surface area contributed by atoms with Gasteiger partial charge in [0.1, 0.15) is 0 Å². The van der Waals surface area contributed by atoms with E-state index in [0.717, 1.165) is 10.2 Å². The number of aliphatic carboxylic acids is 1. The Labute approximate surface area is 84.9 Å². The summed E-state index contributed by atoms with van der Waals surface area (Å²) < 4.78 is 0.945. The molecule has 4 heteroatoms. The standard InChI is InChI=1S/C9H10BrNO2/c10-7-3-1-2-4-8(7)11-6-5-9(12)13/h1-4,11H,5-6H2,(H,12,13). The predicted octanol–water partition coefficient (Wildman–Crippen LogP) is 2.34. The zero-order valence-corrected chi connectivity index (χ0v) is 8.54. The molecular weight excluding hydrogens is 234 g/mol. The number of rotatable bonds is 4. The fraction of sp³-hybridized carbons (Fsp3) is 0.222. The SMILES string of the molecule is O=C(O)CCNc1ccccc1Br. The normalized spacial score (nSPS) is 9.62. The molecule has 0 spiro atoms. The fourth-order valence-corrected chi connectivity index (χ4v) is 1.33. The summed E-state index contributed by atoms with van der Waals surface area (Å²) in [4.78, 5) is 10.2. The topological polar surface area (TPSA) is 49.3 Å². The van der Waals surface area contributed by atoms with Crippen molar-refractivity contribution in [2.24, 2.45) is 0 Å². The van der Waals surface area contributed by atoms with Gasteiger partial charge in [0.25, 0.3) is 0 Å². The Bertz CT molecular complexity index is 301. The summed E-state index contributed by atoms with van der Waals surface area (Å²) in [5.41, 5.74) is 0.920. The number of carbonyl (C=O) groups is 1. The van der Waals surface area contributed by atoms with E-state index in [4.69, 9.17) is 5.11 Å². The van der Waals surface area contributed by atoms with Crippen LogP contribution in [-0.4, -0.2) is 17.6 Å². The van der Waals surface area contributed by atoms with Gasteiger partial charge in [-0.15, -0.1) is 0 Å². The van der Waals surface area contributed by atoms with E-state index in [-0.39, 0.29) is 6.42 Å². The molecule has 0 heterocycles. The number of para-hydroxylation sites is 1. The smallest absolute Gasteiger partial charge is 0.305 e. The number of halogens is 1. The molecular formula is C9H10BrNO2. The van der Waals surface area contributed by atoms with Crippen molar-refractivity contribution in [3.05, 3.63) is 28.7 Å². The molecule has 0 unspecified atom stereocenters. The number of nitrogens with one attached hydrogen (secondary N) is 1. The molecule has 0 aliphatic carbocycles. The zero-order chi connectivity index (χ0) is 9.68. The van der Waals surface area contributed by atoms with Crippen LogP contribution in [0.1, 0.15) is 6.42 Å². The van der Waals surface area contributed by atoms with E-state index < -0.39 is 5.97 Å². The number of benzene rings is 1. The lowest BCUT2D eigenvalue weighted by Gasteiger charge is -2.05. The summed E-state index contributed by atoms with van der Waals surface area (Å²) in [5, 5.41) is 11.4. The number of hydrogen-bond acceptors (Lipinski definition) is 2. The second-order valence-corrected chi connectivity index (χ2v) is 3.40. The Kier molecular flexibility index (Phi) is 3.76. The Morgan fingerprint density at radius 1 is 1.46 bits per heavy atom. The average Bonchev–Trinajstić information content (AvgIpc) is 2.08. The molecule has 0 saturated carbocycles. The van der Waals surface area contributed by atoms with E-state index in [1.54, 1.807) is 0 Å². The van der Waals surface area contributed by atoms with Crippen LogP contribution in [0.25, 0.3) is 0 Å². The Hall–Kier alpha value is -1.03. The zero-order valence-electron chi connectivity index (χ0n) is 6.96. The van der Waals surface area contributed by atoms with Crippen molar-refractivity contribution in [2.45, 2.75) is 6.42 Å². The number of carboxylic acids is 1. The van der Waals surface area contributed by atoms with E-state index in [0.29, 0.717) is 6.54 Å². The molecule has 1 rings (SSSR count). The van der Waals surface area contributed by atoms with Crippen LogP contribution >= 0.6 is 15.9 Å². The molecule has 0 aliphatic rings. The van der Waals surface area contributed by atoms with Gasteiger partial charge in [-0.2, -0.15) is 0 Å². The van der Waals surface area contributed by atoms with Gasteiger partial charge >= 0.3 is 5.97 Å². The van der Waals surface area contributed by atoms with Gasteiger partial charge in [-0.25, -0.2) is 0 Å². The highest BCUT2D eigenvalue weighted by molar-refractivity contribution is 9.10. The molecule has 13 heavy (non-hydrogen) atoms. The quantitative estimate of drug-likeness (QED) is 0.854. The number of carboxylic acid groups (broad SMARTS) is 1. The molecule has 70 valence electrons. The van der Waals surface area contributed by atoms with Crippen LogP contribution in [0.3, 0.4) is 0 Å². The van der Waals surface area contributed by atoms with Crippen molar-refractivity contribution in [3.8, 4) is 0 Å². The lowest BCUT2D eigenvalue weighted by Crippen LogP contribution is -2.07. The molecule has 0 fully saturated rings. The fourth-order valence-electron chi connectivity index (χ4n) is 0.909. The molecule has 0 aromatic heterocycles. The van der Waals surface area contributed by atoms with E-state index >= 15 is 0 Å². The molecule has 3 nitrogen and oxygen atoms in total. The average molecular weight is 244 g/mol. The molecule has 2 N–H and O–H groups in total. The molecule has 0 saturated heterocycles. The first-order chi connectivity index (χ1) is 6.20. The molecule has 1 aromatic carbocycles. The maximum absolute atomic E-state index is 10.2. The van der Waals surface area contributed by atoms with Crippen LogP contribution in [0.2, 0.25) is 0 Å². The van der Waals surface area contributed by atoms with E-state index in [9.17, 15) is 4.79 Å². The van der Waals surface area contributed by atoms with E-state index in [2.05, 4.69) is 21.2 Å². The lowest BCUT2D eigenvalue weighted by molar-refractivity contribution is -0.136. The summed E-state index contributed by atoms with van der Waals surface area (Å²) >= 11 is 3.35. The first kappa shape index (κ1) is 10.1. The third-order valence-corrected chi connectivity index (χ3v) is 2.22. The van der Waals surface area contributed by atoms with Crippen molar-refractivity contribution in [2.75, 3.05) is 11.9 Å². The minimum absolute atomic E-state index is 0.126. The van der Waals surface area contributed by atoms with Crippen molar-refractivity contribution in [1.82, 2.24) is 0 Å². The van der Waals surface area contributed by atoms with Gasteiger partial charge in [0.15, 0.2) is 0 Å². The number of hydrogen-bond donors (Lipinski definition) is 2. The Morgan fingerprint density at radius 3 is 2.77 bits per heavy atom. The molecule has 1 aromatic rings. The summed E-state index contributed by atoms with van der Waals surface area (Å²) in [6, 6.07) is 7.61. The van der Waals surface area contributed by atoms with Crippen LogP contribution < -0.4 is 5.32 Å². The summed E-state index contributed by atoms with van der Waals surface area (Å²) in [5.74, 6) is -0.792. The van der Waals surface area contributed by atoms with Gasteiger partial charge in [0, 0.05) is 16.7 Å². The van der Waals surface area contributed by atoms with Crippen molar-refractivity contribution in [1.29, 1.82) is 0 Å². The predicted molar refractivity (Wildman–Crippen MR) is 54.9 cm³/mol. The highest BCUT2D eigenvalue weighted by atomic mass is 79.9. The minimum Gasteiger partial charge on any atom is -0.481 e. The van der Waals surface area contributed by atoms with Gasteiger partial charge in [-0.3, -0.25) is 4.79 Å². The van der Waals surface area contributed by atoms with Crippen molar-refractivity contribution in [3.63, 3.8) is 0 Å². The maximum Gasteiger partial charge on any atom is 0.305 e. The van der Waals surface area contributed by atoms with Crippen molar-refractivity contribution >= 4 is 27.6 Å². The second-order valence-electron chi connectivity index (χ2n) is 2.55. The first-order valence-corrected chi connectivity index (χ1v) is 4.69. The van der Waals surface area contributed by atoms with Crippen LogP contribution in [0, 0.1) is 0 Å². The van der Waals surface area contributed by atoms with Crippen molar-refractivity contribution < 1.29 is 9.90 Å². The van der Waals surface area contributed by atoms with Gasteiger partial charge in [0.2, 0.25) is 0 Å². The Balaban J connectivity index is 2.45. The van der Waals surface area contributed by atoms with E-state index in [1.807, 2.05) is 24.3 Å². The summed E-state index contributed by atoms with van der Waals surface area (Å²) in [6.45, 7) is 0.442. The van der Waals surface area contributed by atoms with Crippen LogP contribution in [0.5, 0.6) is 0 Å². The highest BCUT2D eigenvalue weighted by Gasteiger charge is 1.98. The molecule has 0 atom stereocenters. The lowest BCUT2D eigenvalue weighted by atomic mass is 10.3. The van der Waals surface area contributed by atoms with Gasteiger partial charge < -0.3 is 10.4 Å². The second kappa shape index (κ2) is 4.87. The van der Waals surface area contributed by atoms with Gasteiger partial charge in [0.05, 0.1) is 6.42 Å². The van der Waals surface area contributed by atoms with Crippen LogP contribution in [0.4, 0.5) is 5.69 Å². The molecule has 0 bridgehead atoms. The first-order valence-electron chi connectivity index (χ1n) is 3.90. The molecule has 0 radical (unpaired) electrons. The summed E-state index contributed by atoms with van der Waals surface area (Å²) in [6.07, 6.45) is 0.126. The number of anilines is 1. The Morgan fingerprint density at radius 2 is 2.15 bits per heavy atom. The third-order valence-electron chi connectivity index (χ3n) is 1.53.